The van der Waals surface area contributed by atoms with E-state index in [9.17, 15) is 18.4 Å². The molecule has 0 unspecified atom stereocenters. The maximum Gasteiger partial charge on any atom is 0.235 e. The standard InChI is InChI=1S/C22H20ClF2N3O3/c23-14-1-4-18(17(25)11-14)28-9-7-22(8-10-28,26-13-29)12-31-19-5-3-16(24)21-15(19)2-6-20(30)27-21/h1,3-5,11H,2,6-10,12H2,(H,27,30). The summed E-state index contributed by atoms with van der Waals surface area (Å²) in [5.74, 6) is -0.722. The average molecular weight is 448 g/mol. The van der Waals surface area contributed by atoms with E-state index in [1.54, 1.807) is 18.2 Å². The van der Waals surface area contributed by atoms with E-state index in [1.807, 2.05) is 4.90 Å². The number of amides is 1. The summed E-state index contributed by atoms with van der Waals surface area (Å²) in [6.45, 7) is 1.01. The first-order valence-electron chi connectivity index (χ1n) is 9.94. The Bertz CT molecular complexity index is 1060. The minimum absolute atomic E-state index is 0.0885. The highest BCUT2D eigenvalue weighted by molar-refractivity contribution is 6.30. The molecule has 0 spiro atoms. The number of benzene rings is 2. The van der Waals surface area contributed by atoms with Gasteiger partial charge in [0.05, 0.1) is 11.4 Å². The van der Waals surface area contributed by atoms with Gasteiger partial charge in [-0.2, -0.15) is 4.99 Å². The van der Waals surface area contributed by atoms with E-state index >= 15 is 0 Å². The van der Waals surface area contributed by atoms with E-state index in [0.29, 0.717) is 54.4 Å². The molecule has 31 heavy (non-hydrogen) atoms. The molecule has 2 aromatic carbocycles. The maximum atomic E-state index is 14.3. The molecule has 2 aliphatic rings. The van der Waals surface area contributed by atoms with Crippen LogP contribution in [0.15, 0.2) is 35.3 Å². The van der Waals surface area contributed by atoms with Crippen molar-refractivity contribution in [3.8, 4) is 5.75 Å². The molecular formula is C22H20ClF2N3O3. The molecule has 162 valence electrons. The van der Waals surface area contributed by atoms with E-state index in [4.69, 9.17) is 16.3 Å². The summed E-state index contributed by atoms with van der Waals surface area (Å²) in [6, 6.07) is 7.28. The number of nitrogens with one attached hydrogen (secondary N) is 1. The highest BCUT2D eigenvalue weighted by atomic mass is 35.5. The molecule has 0 saturated carbocycles. The van der Waals surface area contributed by atoms with E-state index < -0.39 is 17.2 Å². The second-order valence-electron chi connectivity index (χ2n) is 7.75. The molecule has 1 saturated heterocycles. The predicted molar refractivity (Wildman–Crippen MR) is 113 cm³/mol. The van der Waals surface area contributed by atoms with Crippen molar-refractivity contribution in [2.75, 3.05) is 29.9 Å². The second kappa shape index (κ2) is 8.65. The zero-order valence-electron chi connectivity index (χ0n) is 16.6. The van der Waals surface area contributed by atoms with Crippen molar-refractivity contribution in [3.05, 3.63) is 52.6 Å². The van der Waals surface area contributed by atoms with E-state index in [2.05, 4.69) is 10.3 Å². The topological polar surface area (TPSA) is 71.0 Å². The smallest absolute Gasteiger partial charge is 0.235 e. The first-order chi connectivity index (χ1) is 14.9. The Morgan fingerprint density at radius 3 is 2.65 bits per heavy atom. The van der Waals surface area contributed by atoms with Crippen LogP contribution in [0.1, 0.15) is 24.8 Å². The summed E-state index contributed by atoms with van der Waals surface area (Å²) < 4.78 is 34.3. The fourth-order valence-corrected chi connectivity index (χ4v) is 4.22. The lowest BCUT2D eigenvalue weighted by molar-refractivity contribution is -0.116. The van der Waals surface area contributed by atoms with Crippen LogP contribution in [0.5, 0.6) is 5.75 Å². The Labute approximate surface area is 182 Å². The molecule has 2 aromatic rings. The van der Waals surface area contributed by atoms with Crippen molar-refractivity contribution in [1.29, 1.82) is 0 Å². The second-order valence-corrected chi connectivity index (χ2v) is 8.18. The first-order valence-corrected chi connectivity index (χ1v) is 10.3. The number of halogens is 3. The Morgan fingerprint density at radius 1 is 1.16 bits per heavy atom. The van der Waals surface area contributed by atoms with Gasteiger partial charge in [-0.25, -0.2) is 13.6 Å². The number of rotatable bonds is 5. The molecular weight excluding hydrogens is 428 g/mol. The normalized spacial score (nSPS) is 17.4. The molecule has 0 bridgehead atoms. The van der Waals surface area contributed by atoms with Gasteiger partial charge in [0.15, 0.2) is 0 Å². The first kappa shape index (κ1) is 21.3. The van der Waals surface area contributed by atoms with Gasteiger partial charge in [0.25, 0.3) is 0 Å². The summed E-state index contributed by atoms with van der Waals surface area (Å²) in [5, 5.41) is 2.87. The summed E-state index contributed by atoms with van der Waals surface area (Å²) >= 11 is 5.83. The number of anilines is 2. The molecule has 9 heteroatoms. The lowest BCUT2D eigenvalue weighted by atomic mass is 9.88. The number of nitrogens with zero attached hydrogens (tertiary/aromatic N) is 2. The Hall–Kier alpha value is -2.96. The van der Waals surface area contributed by atoms with Crippen LogP contribution < -0.4 is 15.0 Å². The van der Waals surface area contributed by atoms with Crippen LogP contribution >= 0.6 is 11.6 Å². The molecule has 0 aromatic heterocycles. The molecule has 6 nitrogen and oxygen atoms in total. The molecule has 0 radical (unpaired) electrons. The Balaban J connectivity index is 1.49. The van der Waals surface area contributed by atoms with E-state index in [0.717, 1.165) is 0 Å². The molecule has 2 aliphatic heterocycles. The van der Waals surface area contributed by atoms with Gasteiger partial charge in [-0.15, -0.1) is 0 Å². The fourth-order valence-electron chi connectivity index (χ4n) is 4.06. The van der Waals surface area contributed by atoms with Crippen molar-refractivity contribution in [1.82, 2.24) is 0 Å². The number of ether oxygens (including phenoxy) is 1. The lowest BCUT2D eigenvalue weighted by Gasteiger charge is -2.39. The molecule has 1 amide bonds. The average Bonchev–Trinajstić information content (AvgIpc) is 2.75. The lowest BCUT2D eigenvalue weighted by Crippen LogP contribution is -2.47. The number of hydrogen-bond acceptors (Lipinski definition) is 5. The zero-order chi connectivity index (χ0) is 22.0. The molecule has 0 aliphatic carbocycles. The van der Waals surface area contributed by atoms with E-state index in [1.165, 1.54) is 18.2 Å². The number of carbonyl (C=O) groups is 1. The summed E-state index contributed by atoms with van der Waals surface area (Å²) in [7, 11) is 0. The largest absolute Gasteiger partial charge is 0.491 e. The molecule has 0 atom stereocenters. The zero-order valence-corrected chi connectivity index (χ0v) is 17.3. The van der Waals surface area contributed by atoms with Gasteiger partial charge >= 0.3 is 0 Å². The quantitative estimate of drug-likeness (QED) is 0.549. The Kier molecular flexibility index (Phi) is 5.94. The van der Waals surface area contributed by atoms with Gasteiger partial charge in [0.1, 0.15) is 29.5 Å². The van der Waals surface area contributed by atoms with Gasteiger partial charge < -0.3 is 15.0 Å². The van der Waals surface area contributed by atoms with Gasteiger partial charge in [-0.1, -0.05) is 11.6 Å². The van der Waals surface area contributed by atoms with Crippen LogP contribution in [0, 0.1) is 11.6 Å². The number of hydrogen-bond donors (Lipinski definition) is 1. The summed E-state index contributed by atoms with van der Waals surface area (Å²) in [5.41, 5.74) is 0.345. The number of aliphatic imine (C=N–C) groups is 1. The minimum atomic E-state index is -0.819. The SMILES string of the molecule is O=C=NC1(COc2ccc(F)c3c2CCC(=O)N3)CCN(c2ccc(Cl)cc2F)CC1. The van der Waals surface area contributed by atoms with Crippen molar-refractivity contribution < 1.29 is 23.1 Å². The van der Waals surface area contributed by atoms with Crippen LogP contribution in [0.4, 0.5) is 20.2 Å². The van der Waals surface area contributed by atoms with Crippen molar-refractivity contribution >= 4 is 35.0 Å². The molecule has 1 fully saturated rings. The number of piperidine rings is 1. The van der Waals surface area contributed by atoms with Gasteiger partial charge in [-0.3, -0.25) is 4.79 Å². The number of fused-ring (bicyclic) bond motifs is 1. The van der Waals surface area contributed by atoms with E-state index in [-0.39, 0.29) is 24.6 Å². The predicted octanol–water partition coefficient (Wildman–Crippen LogP) is 4.26. The van der Waals surface area contributed by atoms with Crippen molar-refractivity contribution in [2.24, 2.45) is 4.99 Å². The van der Waals surface area contributed by atoms with Crippen molar-refractivity contribution in [2.45, 2.75) is 31.2 Å². The van der Waals surface area contributed by atoms with Crippen LogP contribution in [-0.4, -0.2) is 37.2 Å². The number of isocyanates is 1. The van der Waals surface area contributed by atoms with Gasteiger partial charge in [0.2, 0.25) is 12.0 Å². The molecule has 4 rings (SSSR count). The third-order valence-corrected chi connectivity index (χ3v) is 6.04. The van der Waals surface area contributed by atoms with Crippen molar-refractivity contribution in [3.63, 3.8) is 0 Å². The van der Waals surface area contributed by atoms with Crippen LogP contribution in [-0.2, 0) is 16.0 Å². The van der Waals surface area contributed by atoms with Crippen LogP contribution in [0.3, 0.4) is 0 Å². The third-order valence-electron chi connectivity index (χ3n) is 5.81. The molecule has 1 N–H and O–H groups in total. The minimum Gasteiger partial charge on any atom is -0.491 e. The maximum absolute atomic E-state index is 14.3. The summed E-state index contributed by atoms with van der Waals surface area (Å²) in [4.78, 5) is 28.6. The van der Waals surface area contributed by atoms with Crippen LogP contribution in [0.25, 0.3) is 0 Å². The van der Waals surface area contributed by atoms with Gasteiger partial charge in [0, 0.05) is 30.1 Å². The summed E-state index contributed by atoms with van der Waals surface area (Å²) in [6.07, 6.45) is 3.14. The highest BCUT2D eigenvalue weighted by Crippen LogP contribution is 2.36. The van der Waals surface area contributed by atoms with Gasteiger partial charge in [-0.05, 0) is 49.6 Å². The Morgan fingerprint density at radius 2 is 1.94 bits per heavy atom. The molecule has 2 heterocycles. The van der Waals surface area contributed by atoms with Crippen LogP contribution in [0.2, 0.25) is 5.02 Å². The highest BCUT2D eigenvalue weighted by Gasteiger charge is 2.37. The fraction of sp³-hybridized carbons (Fsp3) is 0.364. The monoisotopic (exact) mass is 447 g/mol. The third kappa shape index (κ3) is 4.40. The number of carbonyl (C=O) groups excluding carboxylic acids is 2.